The summed E-state index contributed by atoms with van der Waals surface area (Å²) in [6.45, 7) is 5.56. The van der Waals surface area contributed by atoms with Crippen molar-refractivity contribution >= 4 is 0 Å². The second-order valence-electron chi connectivity index (χ2n) is 3.97. The first-order valence-corrected chi connectivity index (χ1v) is 5.69. The van der Waals surface area contributed by atoms with Gasteiger partial charge < -0.3 is 10.4 Å². The molecule has 0 saturated carbocycles. The average molecular weight is 207 g/mol. The Labute approximate surface area is 92.3 Å². The fourth-order valence-electron chi connectivity index (χ4n) is 1.49. The second-order valence-corrected chi connectivity index (χ2v) is 3.97. The van der Waals surface area contributed by atoms with Gasteiger partial charge in [0, 0.05) is 6.54 Å². The van der Waals surface area contributed by atoms with E-state index in [0.29, 0.717) is 6.54 Å². The molecule has 0 aromatic heterocycles. The van der Waals surface area contributed by atoms with Crippen molar-refractivity contribution in [1.29, 1.82) is 0 Å². The van der Waals surface area contributed by atoms with Crippen LogP contribution in [0.3, 0.4) is 0 Å². The molecule has 1 rings (SSSR count). The molecule has 1 atom stereocenters. The van der Waals surface area contributed by atoms with E-state index in [1.54, 1.807) is 6.92 Å². The predicted molar refractivity (Wildman–Crippen MR) is 64.1 cm³/mol. The van der Waals surface area contributed by atoms with Gasteiger partial charge in [-0.25, -0.2) is 0 Å². The summed E-state index contributed by atoms with van der Waals surface area (Å²) in [5, 5.41) is 12.3. The molecule has 0 bridgehead atoms. The van der Waals surface area contributed by atoms with Gasteiger partial charge in [0.2, 0.25) is 0 Å². The molecule has 0 spiro atoms. The minimum absolute atomic E-state index is 0.257. The van der Waals surface area contributed by atoms with E-state index in [1.165, 1.54) is 11.1 Å². The van der Waals surface area contributed by atoms with Gasteiger partial charge in [0.15, 0.2) is 0 Å². The van der Waals surface area contributed by atoms with Crippen LogP contribution in [0.2, 0.25) is 0 Å². The normalized spacial score (nSPS) is 12.7. The van der Waals surface area contributed by atoms with E-state index in [0.717, 1.165) is 19.4 Å². The summed E-state index contributed by atoms with van der Waals surface area (Å²) in [7, 11) is 0. The zero-order valence-corrected chi connectivity index (χ0v) is 9.66. The van der Waals surface area contributed by atoms with E-state index in [2.05, 4.69) is 36.5 Å². The molecule has 2 nitrogen and oxygen atoms in total. The van der Waals surface area contributed by atoms with Crippen molar-refractivity contribution in [3.05, 3.63) is 35.4 Å². The van der Waals surface area contributed by atoms with Gasteiger partial charge in [0.25, 0.3) is 0 Å². The first kappa shape index (κ1) is 12.2. The van der Waals surface area contributed by atoms with Crippen molar-refractivity contribution < 1.29 is 5.11 Å². The molecule has 2 N–H and O–H groups in total. The third-order valence-electron chi connectivity index (χ3n) is 2.46. The Morgan fingerprint density at radius 2 is 1.80 bits per heavy atom. The smallest absolute Gasteiger partial charge is 0.0636 e. The Hall–Kier alpha value is -0.860. The minimum Gasteiger partial charge on any atom is -0.392 e. The van der Waals surface area contributed by atoms with Crippen LogP contribution in [0.5, 0.6) is 0 Å². The molecule has 1 aromatic rings. The van der Waals surface area contributed by atoms with Crippen LogP contribution in [0.15, 0.2) is 24.3 Å². The van der Waals surface area contributed by atoms with Crippen molar-refractivity contribution in [2.45, 2.75) is 32.8 Å². The highest BCUT2D eigenvalue weighted by Crippen LogP contribution is 2.05. The first-order chi connectivity index (χ1) is 7.22. The maximum absolute atomic E-state index is 9.06. The van der Waals surface area contributed by atoms with Crippen LogP contribution in [0.4, 0.5) is 0 Å². The Bertz CT molecular complexity index is 266. The Morgan fingerprint density at radius 1 is 1.20 bits per heavy atom. The molecule has 0 fully saturated rings. The molecule has 0 heterocycles. The monoisotopic (exact) mass is 207 g/mol. The van der Waals surface area contributed by atoms with Crippen LogP contribution in [0, 0.1) is 0 Å². The van der Waals surface area contributed by atoms with E-state index < -0.39 is 0 Å². The number of aryl methyl sites for hydroxylation is 1. The number of aliphatic hydroxyl groups is 1. The predicted octanol–water partition coefficient (Wildman–Crippen LogP) is 1.76. The van der Waals surface area contributed by atoms with Crippen molar-refractivity contribution in [2.75, 3.05) is 13.1 Å². The maximum Gasteiger partial charge on any atom is 0.0636 e. The molecule has 1 aromatic carbocycles. The molecule has 0 amide bonds. The zero-order chi connectivity index (χ0) is 11.1. The largest absolute Gasteiger partial charge is 0.392 e. The molecule has 84 valence electrons. The summed E-state index contributed by atoms with van der Waals surface area (Å²) in [6.07, 6.45) is 1.87. The highest BCUT2D eigenvalue weighted by Gasteiger charge is 1.96. The Morgan fingerprint density at radius 3 is 2.33 bits per heavy atom. The van der Waals surface area contributed by atoms with Crippen LogP contribution >= 0.6 is 0 Å². The summed E-state index contributed by atoms with van der Waals surface area (Å²) in [5.41, 5.74) is 2.74. The van der Waals surface area contributed by atoms with E-state index in [9.17, 15) is 0 Å². The first-order valence-electron chi connectivity index (χ1n) is 5.69. The van der Waals surface area contributed by atoms with Gasteiger partial charge in [-0.3, -0.25) is 0 Å². The SMILES string of the molecule is CCc1ccc(CCNCC(C)O)cc1. The van der Waals surface area contributed by atoms with Crippen molar-refractivity contribution in [2.24, 2.45) is 0 Å². The highest BCUT2D eigenvalue weighted by atomic mass is 16.3. The Balaban J connectivity index is 2.25. The van der Waals surface area contributed by atoms with E-state index in [1.807, 2.05) is 0 Å². The van der Waals surface area contributed by atoms with Gasteiger partial charge in [-0.05, 0) is 37.4 Å². The van der Waals surface area contributed by atoms with Gasteiger partial charge in [-0.15, -0.1) is 0 Å². The van der Waals surface area contributed by atoms with Crippen LogP contribution in [-0.2, 0) is 12.8 Å². The molecular weight excluding hydrogens is 186 g/mol. The summed E-state index contributed by atoms with van der Waals surface area (Å²) in [5.74, 6) is 0. The van der Waals surface area contributed by atoms with E-state index >= 15 is 0 Å². The van der Waals surface area contributed by atoms with Gasteiger partial charge in [0.05, 0.1) is 6.10 Å². The molecule has 0 aliphatic carbocycles. The lowest BCUT2D eigenvalue weighted by atomic mass is 10.1. The lowest BCUT2D eigenvalue weighted by molar-refractivity contribution is 0.191. The average Bonchev–Trinajstić information content (AvgIpc) is 2.25. The molecule has 2 heteroatoms. The summed E-state index contributed by atoms with van der Waals surface area (Å²) in [6, 6.07) is 8.74. The number of hydrogen-bond acceptors (Lipinski definition) is 2. The van der Waals surface area contributed by atoms with Gasteiger partial charge in [0.1, 0.15) is 0 Å². The van der Waals surface area contributed by atoms with E-state index in [-0.39, 0.29) is 6.10 Å². The number of rotatable bonds is 6. The molecule has 0 radical (unpaired) electrons. The lowest BCUT2D eigenvalue weighted by Crippen LogP contribution is -2.26. The fourth-order valence-corrected chi connectivity index (χ4v) is 1.49. The van der Waals surface area contributed by atoms with Crippen molar-refractivity contribution in [1.82, 2.24) is 5.32 Å². The molecule has 0 aliphatic rings. The Kier molecular flexibility index (Phi) is 5.37. The summed E-state index contributed by atoms with van der Waals surface area (Å²) < 4.78 is 0. The summed E-state index contributed by atoms with van der Waals surface area (Å²) in [4.78, 5) is 0. The number of hydrogen-bond donors (Lipinski definition) is 2. The lowest BCUT2D eigenvalue weighted by Gasteiger charge is -2.07. The minimum atomic E-state index is -0.257. The third-order valence-corrected chi connectivity index (χ3v) is 2.46. The number of nitrogens with one attached hydrogen (secondary N) is 1. The van der Waals surface area contributed by atoms with Crippen LogP contribution in [0.25, 0.3) is 0 Å². The topological polar surface area (TPSA) is 32.3 Å². The zero-order valence-electron chi connectivity index (χ0n) is 9.66. The maximum atomic E-state index is 9.06. The van der Waals surface area contributed by atoms with Crippen molar-refractivity contribution in [3.8, 4) is 0 Å². The molecular formula is C13H21NO. The quantitative estimate of drug-likeness (QED) is 0.697. The molecule has 0 saturated heterocycles. The molecule has 1 unspecified atom stereocenters. The fraction of sp³-hybridized carbons (Fsp3) is 0.538. The summed E-state index contributed by atoms with van der Waals surface area (Å²) >= 11 is 0. The van der Waals surface area contributed by atoms with Gasteiger partial charge >= 0.3 is 0 Å². The second kappa shape index (κ2) is 6.59. The van der Waals surface area contributed by atoms with E-state index in [4.69, 9.17) is 5.11 Å². The number of aliphatic hydroxyl groups excluding tert-OH is 1. The van der Waals surface area contributed by atoms with Gasteiger partial charge in [-0.2, -0.15) is 0 Å². The molecule has 0 aliphatic heterocycles. The van der Waals surface area contributed by atoms with Gasteiger partial charge in [-0.1, -0.05) is 31.2 Å². The number of benzene rings is 1. The third kappa shape index (κ3) is 4.96. The molecule has 15 heavy (non-hydrogen) atoms. The van der Waals surface area contributed by atoms with Crippen LogP contribution < -0.4 is 5.32 Å². The van der Waals surface area contributed by atoms with Crippen LogP contribution in [0.1, 0.15) is 25.0 Å². The van der Waals surface area contributed by atoms with Crippen molar-refractivity contribution in [3.63, 3.8) is 0 Å². The van der Waals surface area contributed by atoms with Crippen LogP contribution in [-0.4, -0.2) is 24.3 Å². The highest BCUT2D eigenvalue weighted by molar-refractivity contribution is 5.22. The standard InChI is InChI=1S/C13H21NO/c1-3-12-4-6-13(7-5-12)8-9-14-10-11(2)15/h4-7,11,14-15H,3,8-10H2,1-2H3.